The predicted molar refractivity (Wildman–Crippen MR) is 87.6 cm³/mol. The second kappa shape index (κ2) is 6.76. The molecule has 0 spiro atoms. The van der Waals surface area contributed by atoms with Crippen LogP contribution in [0.25, 0.3) is 0 Å². The molecule has 3 N–H and O–H groups in total. The van der Waals surface area contributed by atoms with E-state index in [9.17, 15) is 18.5 Å². The van der Waals surface area contributed by atoms with Gasteiger partial charge in [-0.3, -0.25) is 10.1 Å². The molecule has 0 aliphatic carbocycles. The molecular formula is C15H17N3O4S. The van der Waals surface area contributed by atoms with E-state index >= 15 is 0 Å². The standard InChI is InChI=1S/C15H17N3O4S/c1-2-11-5-3-4-6-12(11)10-17-13-7-14(18(19)20)9-15(8-13)23(16,21)22/h3-9,17H,2,10H2,1H3,(H2,16,21,22). The highest BCUT2D eigenvalue weighted by molar-refractivity contribution is 7.89. The number of nitro benzene ring substituents is 1. The van der Waals surface area contributed by atoms with E-state index in [1.54, 1.807) is 0 Å². The molecule has 0 bridgehead atoms. The van der Waals surface area contributed by atoms with E-state index in [1.807, 2.05) is 31.2 Å². The van der Waals surface area contributed by atoms with Crippen molar-refractivity contribution in [2.45, 2.75) is 24.8 Å². The Kier molecular flexibility index (Phi) is 4.97. The van der Waals surface area contributed by atoms with Crippen LogP contribution in [0.1, 0.15) is 18.1 Å². The van der Waals surface area contributed by atoms with Crippen LogP contribution in [-0.4, -0.2) is 13.3 Å². The third-order valence-corrected chi connectivity index (χ3v) is 4.31. The van der Waals surface area contributed by atoms with Gasteiger partial charge in [0.25, 0.3) is 5.69 Å². The van der Waals surface area contributed by atoms with Crippen molar-refractivity contribution in [3.05, 3.63) is 63.7 Å². The van der Waals surface area contributed by atoms with Crippen molar-refractivity contribution in [1.29, 1.82) is 0 Å². The summed E-state index contributed by atoms with van der Waals surface area (Å²) in [4.78, 5) is 10.0. The molecule has 0 fully saturated rings. The second-order valence-corrected chi connectivity index (χ2v) is 6.55. The average molecular weight is 335 g/mol. The van der Waals surface area contributed by atoms with E-state index < -0.39 is 14.9 Å². The van der Waals surface area contributed by atoms with Gasteiger partial charge < -0.3 is 5.32 Å². The number of anilines is 1. The van der Waals surface area contributed by atoms with Crippen LogP contribution < -0.4 is 10.5 Å². The smallest absolute Gasteiger partial charge is 0.272 e. The van der Waals surface area contributed by atoms with Gasteiger partial charge in [0.05, 0.1) is 9.82 Å². The monoisotopic (exact) mass is 335 g/mol. The van der Waals surface area contributed by atoms with Gasteiger partial charge in [0.15, 0.2) is 0 Å². The maximum absolute atomic E-state index is 11.5. The molecule has 0 saturated heterocycles. The van der Waals surface area contributed by atoms with Crippen LogP contribution in [0.4, 0.5) is 11.4 Å². The fraction of sp³-hybridized carbons (Fsp3) is 0.200. The number of hydrogen-bond donors (Lipinski definition) is 2. The number of rotatable bonds is 6. The normalized spacial score (nSPS) is 11.2. The molecule has 7 nitrogen and oxygen atoms in total. The highest BCUT2D eigenvalue weighted by Gasteiger charge is 2.16. The van der Waals surface area contributed by atoms with Gasteiger partial charge in [-0.25, -0.2) is 13.6 Å². The highest BCUT2D eigenvalue weighted by atomic mass is 32.2. The molecular weight excluding hydrogens is 318 g/mol. The van der Waals surface area contributed by atoms with Crippen LogP contribution in [0.15, 0.2) is 47.4 Å². The maximum atomic E-state index is 11.5. The molecule has 0 amide bonds. The predicted octanol–water partition coefficient (Wildman–Crippen LogP) is 2.42. The minimum absolute atomic E-state index is 0.294. The number of nitrogens with one attached hydrogen (secondary N) is 1. The van der Waals surface area contributed by atoms with E-state index in [2.05, 4.69) is 5.32 Å². The summed E-state index contributed by atoms with van der Waals surface area (Å²) in [6.07, 6.45) is 0.856. The van der Waals surface area contributed by atoms with E-state index in [0.717, 1.165) is 23.6 Å². The zero-order chi connectivity index (χ0) is 17.0. The van der Waals surface area contributed by atoms with Crippen LogP contribution in [0.2, 0.25) is 0 Å². The van der Waals surface area contributed by atoms with Gasteiger partial charge in [-0.1, -0.05) is 31.2 Å². The Hall–Kier alpha value is -2.45. The minimum atomic E-state index is -4.02. The lowest BCUT2D eigenvalue weighted by molar-refractivity contribution is -0.385. The molecule has 0 saturated carbocycles. The van der Waals surface area contributed by atoms with E-state index in [1.165, 1.54) is 12.1 Å². The van der Waals surface area contributed by atoms with Crippen LogP contribution in [0.3, 0.4) is 0 Å². The van der Waals surface area contributed by atoms with Gasteiger partial charge in [-0.2, -0.15) is 0 Å². The van der Waals surface area contributed by atoms with Crippen LogP contribution in [0, 0.1) is 10.1 Å². The molecule has 0 aliphatic rings. The Morgan fingerprint density at radius 1 is 1.17 bits per heavy atom. The van der Waals surface area contributed by atoms with E-state index in [-0.39, 0.29) is 10.6 Å². The SMILES string of the molecule is CCc1ccccc1CNc1cc([N+](=O)[O-])cc(S(N)(=O)=O)c1. The first-order chi connectivity index (χ1) is 10.8. The fourth-order valence-electron chi connectivity index (χ4n) is 2.23. The lowest BCUT2D eigenvalue weighted by Crippen LogP contribution is -2.13. The Labute approximate surface area is 134 Å². The van der Waals surface area contributed by atoms with E-state index in [0.29, 0.717) is 12.2 Å². The number of primary sulfonamides is 1. The van der Waals surface area contributed by atoms with Crippen LogP contribution in [-0.2, 0) is 23.0 Å². The van der Waals surface area contributed by atoms with Crippen molar-refractivity contribution < 1.29 is 13.3 Å². The number of nitro groups is 1. The van der Waals surface area contributed by atoms with Crippen LogP contribution >= 0.6 is 0 Å². The van der Waals surface area contributed by atoms with Gasteiger partial charge in [0.2, 0.25) is 10.0 Å². The Bertz CT molecular complexity index is 834. The summed E-state index contributed by atoms with van der Waals surface area (Å²) in [6.45, 7) is 2.46. The molecule has 0 aromatic heterocycles. The largest absolute Gasteiger partial charge is 0.381 e. The van der Waals surface area contributed by atoms with Crippen molar-refractivity contribution in [2.75, 3.05) is 5.32 Å². The fourth-order valence-corrected chi connectivity index (χ4v) is 2.80. The van der Waals surface area contributed by atoms with Crippen molar-refractivity contribution in [1.82, 2.24) is 0 Å². The molecule has 0 atom stereocenters. The summed E-state index contributed by atoms with van der Waals surface area (Å²) in [6, 6.07) is 11.3. The summed E-state index contributed by atoms with van der Waals surface area (Å²) in [7, 11) is -4.02. The van der Waals surface area contributed by atoms with Crippen molar-refractivity contribution >= 4 is 21.4 Å². The first kappa shape index (κ1) is 16.9. The zero-order valence-corrected chi connectivity index (χ0v) is 13.3. The first-order valence-electron chi connectivity index (χ1n) is 6.94. The van der Waals surface area contributed by atoms with Gasteiger partial charge in [0.1, 0.15) is 0 Å². The lowest BCUT2D eigenvalue weighted by Gasteiger charge is -2.11. The van der Waals surface area contributed by atoms with Crippen molar-refractivity contribution in [2.24, 2.45) is 5.14 Å². The summed E-state index contributed by atoms with van der Waals surface area (Å²) in [5.74, 6) is 0. The molecule has 0 heterocycles. The van der Waals surface area contributed by atoms with Gasteiger partial charge in [0, 0.05) is 24.4 Å². The third kappa shape index (κ3) is 4.27. The minimum Gasteiger partial charge on any atom is -0.381 e. The maximum Gasteiger partial charge on any atom is 0.272 e. The molecule has 23 heavy (non-hydrogen) atoms. The Balaban J connectivity index is 2.32. The molecule has 0 aliphatic heterocycles. The van der Waals surface area contributed by atoms with E-state index in [4.69, 9.17) is 5.14 Å². The number of aryl methyl sites for hydroxylation is 1. The molecule has 2 aromatic carbocycles. The second-order valence-electron chi connectivity index (χ2n) is 4.99. The highest BCUT2D eigenvalue weighted by Crippen LogP contribution is 2.24. The summed E-state index contributed by atoms with van der Waals surface area (Å²) in [5, 5.41) is 19.0. The number of hydrogen-bond acceptors (Lipinski definition) is 5. The topological polar surface area (TPSA) is 115 Å². The van der Waals surface area contributed by atoms with Crippen LogP contribution in [0.5, 0.6) is 0 Å². The van der Waals surface area contributed by atoms with Crippen molar-refractivity contribution in [3.63, 3.8) is 0 Å². The van der Waals surface area contributed by atoms with Gasteiger partial charge in [-0.05, 0) is 23.6 Å². The average Bonchev–Trinajstić information content (AvgIpc) is 2.52. The zero-order valence-electron chi connectivity index (χ0n) is 12.5. The number of non-ortho nitro benzene ring substituents is 1. The molecule has 8 heteroatoms. The Morgan fingerprint density at radius 2 is 1.83 bits per heavy atom. The number of sulfonamides is 1. The number of nitrogens with zero attached hydrogens (tertiary/aromatic N) is 1. The van der Waals surface area contributed by atoms with Gasteiger partial charge in [-0.15, -0.1) is 0 Å². The summed E-state index contributed by atoms with van der Waals surface area (Å²) < 4.78 is 22.9. The first-order valence-corrected chi connectivity index (χ1v) is 8.49. The number of benzene rings is 2. The molecule has 2 rings (SSSR count). The third-order valence-electron chi connectivity index (χ3n) is 3.41. The van der Waals surface area contributed by atoms with Gasteiger partial charge >= 0.3 is 0 Å². The summed E-state index contributed by atoms with van der Waals surface area (Å²) in [5.41, 5.74) is 2.19. The molecule has 2 aromatic rings. The lowest BCUT2D eigenvalue weighted by atomic mass is 10.1. The quantitative estimate of drug-likeness (QED) is 0.621. The molecule has 0 unspecified atom stereocenters. The molecule has 122 valence electrons. The number of nitrogens with two attached hydrogens (primary N) is 1. The molecule has 0 radical (unpaired) electrons. The Morgan fingerprint density at radius 3 is 2.39 bits per heavy atom. The summed E-state index contributed by atoms with van der Waals surface area (Å²) >= 11 is 0. The van der Waals surface area contributed by atoms with Crippen molar-refractivity contribution in [3.8, 4) is 0 Å².